The summed E-state index contributed by atoms with van der Waals surface area (Å²) in [6.45, 7) is 4.95. The number of benzene rings is 1. The first-order valence-corrected chi connectivity index (χ1v) is 10.2. The Labute approximate surface area is 162 Å². The van der Waals surface area contributed by atoms with E-state index in [4.69, 9.17) is 14.5 Å². The van der Waals surface area contributed by atoms with Gasteiger partial charge in [-0.05, 0) is 43.0 Å². The van der Waals surface area contributed by atoms with E-state index >= 15 is 0 Å². The molecule has 26 heavy (non-hydrogen) atoms. The SMILES string of the molecule is COc1ccc(CN[C@@H](Cc2cccs2)c2nc(C)c(C)s2)cc1OC. The van der Waals surface area contributed by atoms with Gasteiger partial charge in [-0.1, -0.05) is 12.1 Å². The highest BCUT2D eigenvalue weighted by Crippen LogP contribution is 2.29. The first kappa shape index (κ1) is 18.9. The Morgan fingerprint density at radius 1 is 1.12 bits per heavy atom. The normalized spacial score (nSPS) is 12.2. The van der Waals surface area contributed by atoms with Crippen molar-refractivity contribution in [3.05, 3.63) is 61.7 Å². The van der Waals surface area contributed by atoms with Crippen molar-refractivity contribution in [3.8, 4) is 11.5 Å². The molecule has 3 rings (SSSR count). The van der Waals surface area contributed by atoms with E-state index in [1.165, 1.54) is 9.75 Å². The first-order chi connectivity index (χ1) is 12.6. The van der Waals surface area contributed by atoms with Gasteiger partial charge in [0.1, 0.15) is 5.01 Å². The van der Waals surface area contributed by atoms with Crippen LogP contribution in [0.15, 0.2) is 35.7 Å². The number of nitrogens with one attached hydrogen (secondary N) is 1. The Hall–Kier alpha value is -1.89. The van der Waals surface area contributed by atoms with Crippen molar-refractivity contribution in [2.24, 2.45) is 0 Å². The number of thiazole rings is 1. The lowest BCUT2D eigenvalue weighted by atomic mass is 10.1. The maximum Gasteiger partial charge on any atom is 0.161 e. The van der Waals surface area contributed by atoms with Gasteiger partial charge in [0.15, 0.2) is 11.5 Å². The molecule has 0 aliphatic rings. The van der Waals surface area contributed by atoms with E-state index in [-0.39, 0.29) is 6.04 Å². The van der Waals surface area contributed by atoms with E-state index in [1.807, 2.05) is 12.1 Å². The van der Waals surface area contributed by atoms with Crippen LogP contribution < -0.4 is 14.8 Å². The van der Waals surface area contributed by atoms with Gasteiger partial charge in [-0.25, -0.2) is 4.98 Å². The molecule has 0 radical (unpaired) electrons. The van der Waals surface area contributed by atoms with Crippen LogP contribution in [0.3, 0.4) is 0 Å². The molecule has 0 aliphatic carbocycles. The third-order valence-corrected chi connectivity index (χ3v) is 6.41. The number of aryl methyl sites for hydroxylation is 2. The third kappa shape index (κ3) is 4.44. The molecule has 6 heteroatoms. The van der Waals surface area contributed by atoms with Crippen LogP contribution in [0.5, 0.6) is 11.5 Å². The standard InChI is InChI=1S/C20H24N2O2S2/c1-13-14(2)26-20(22-13)17(11-16-6-5-9-25-16)21-12-15-7-8-18(23-3)19(10-15)24-4/h5-10,17,21H,11-12H2,1-4H3/t17-/m0/s1. The van der Waals surface area contributed by atoms with Gasteiger partial charge in [-0.2, -0.15) is 0 Å². The lowest BCUT2D eigenvalue weighted by molar-refractivity contribution is 0.354. The quantitative estimate of drug-likeness (QED) is 0.595. The average molecular weight is 389 g/mol. The van der Waals surface area contributed by atoms with Gasteiger partial charge in [0.2, 0.25) is 0 Å². The molecule has 0 unspecified atom stereocenters. The lowest BCUT2D eigenvalue weighted by Gasteiger charge is -2.17. The molecule has 0 saturated carbocycles. The summed E-state index contributed by atoms with van der Waals surface area (Å²) >= 11 is 3.57. The van der Waals surface area contributed by atoms with Gasteiger partial charge in [-0.15, -0.1) is 22.7 Å². The molecule has 2 aromatic heterocycles. The van der Waals surface area contributed by atoms with E-state index in [9.17, 15) is 0 Å². The second-order valence-corrected chi connectivity index (χ2v) is 8.37. The first-order valence-electron chi connectivity index (χ1n) is 8.51. The van der Waals surface area contributed by atoms with Crippen LogP contribution >= 0.6 is 22.7 Å². The Bertz CT molecular complexity index is 824. The zero-order valence-corrected chi connectivity index (χ0v) is 17.2. The van der Waals surface area contributed by atoms with Crippen molar-refractivity contribution in [2.45, 2.75) is 32.9 Å². The fourth-order valence-electron chi connectivity index (χ4n) is 2.75. The maximum absolute atomic E-state index is 5.41. The van der Waals surface area contributed by atoms with Crippen molar-refractivity contribution in [2.75, 3.05) is 14.2 Å². The molecule has 3 aromatic rings. The molecular formula is C20H24N2O2S2. The summed E-state index contributed by atoms with van der Waals surface area (Å²) in [5.41, 5.74) is 2.28. The molecule has 1 atom stereocenters. The molecule has 0 spiro atoms. The lowest BCUT2D eigenvalue weighted by Crippen LogP contribution is -2.22. The number of rotatable bonds is 8. The molecular weight excluding hydrogens is 364 g/mol. The fourth-order valence-corrected chi connectivity index (χ4v) is 4.51. The van der Waals surface area contributed by atoms with Crippen molar-refractivity contribution in [1.82, 2.24) is 10.3 Å². The third-order valence-electron chi connectivity index (χ3n) is 4.33. The summed E-state index contributed by atoms with van der Waals surface area (Å²) in [6.07, 6.45) is 0.942. The van der Waals surface area contributed by atoms with Gasteiger partial charge >= 0.3 is 0 Å². The Kier molecular flexibility index (Phi) is 6.29. The fraction of sp³-hybridized carbons (Fsp3) is 0.350. The van der Waals surface area contributed by atoms with Gasteiger partial charge < -0.3 is 14.8 Å². The largest absolute Gasteiger partial charge is 0.493 e. The minimum absolute atomic E-state index is 0.194. The second-order valence-electron chi connectivity index (χ2n) is 6.10. The Morgan fingerprint density at radius 3 is 2.54 bits per heavy atom. The molecule has 4 nitrogen and oxygen atoms in total. The molecule has 0 saturated heterocycles. The monoisotopic (exact) mass is 388 g/mol. The van der Waals surface area contributed by atoms with Crippen LogP contribution in [0.2, 0.25) is 0 Å². The summed E-state index contributed by atoms with van der Waals surface area (Å²) in [5, 5.41) is 6.95. The average Bonchev–Trinajstić information content (AvgIpc) is 3.28. The maximum atomic E-state index is 5.41. The van der Waals surface area contributed by atoms with Crippen molar-refractivity contribution >= 4 is 22.7 Å². The number of nitrogens with zero attached hydrogens (tertiary/aromatic N) is 1. The van der Waals surface area contributed by atoms with Crippen LogP contribution in [0.1, 0.15) is 32.1 Å². The molecule has 0 aliphatic heterocycles. The van der Waals surface area contributed by atoms with Crippen molar-refractivity contribution < 1.29 is 9.47 Å². The predicted octanol–water partition coefficient (Wildman–Crippen LogP) is 4.91. The Balaban J connectivity index is 1.77. The highest BCUT2D eigenvalue weighted by atomic mass is 32.1. The molecule has 0 amide bonds. The number of thiophene rings is 1. The number of aromatic nitrogens is 1. The predicted molar refractivity (Wildman–Crippen MR) is 109 cm³/mol. The van der Waals surface area contributed by atoms with E-state index < -0.39 is 0 Å². The summed E-state index contributed by atoms with van der Waals surface area (Å²) in [5.74, 6) is 1.50. The summed E-state index contributed by atoms with van der Waals surface area (Å²) in [4.78, 5) is 7.42. The summed E-state index contributed by atoms with van der Waals surface area (Å²) < 4.78 is 10.7. The van der Waals surface area contributed by atoms with Crippen molar-refractivity contribution in [1.29, 1.82) is 0 Å². The van der Waals surface area contributed by atoms with Gasteiger partial charge in [-0.3, -0.25) is 0 Å². The zero-order valence-electron chi connectivity index (χ0n) is 15.5. The minimum Gasteiger partial charge on any atom is -0.493 e. The molecule has 0 bridgehead atoms. The smallest absolute Gasteiger partial charge is 0.161 e. The molecule has 2 heterocycles. The molecule has 1 N–H and O–H groups in total. The highest BCUT2D eigenvalue weighted by molar-refractivity contribution is 7.11. The van der Waals surface area contributed by atoms with Crippen LogP contribution in [0.25, 0.3) is 0 Å². The minimum atomic E-state index is 0.194. The van der Waals surface area contributed by atoms with Crippen LogP contribution in [-0.2, 0) is 13.0 Å². The Morgan fingerprint density at radius 2 is 1.92 bits per heavy atom. The number of hydrogen-bond acceptors (Lipinski definition) is 6. The van der Waals surface area contributed by atoms with Crippen LogP contribution in [-0.4, -0.2) is 19.2 Å². The molecule has 138 valence electrons. The second kappa shape index (κ2) is 8.66. The van der Waals surface area contributed by atoms with E-state index in [1.54, 1.807) is 36.9 Å². The zero-order chi connectivity index (χ0) is 18.5. The number of hydrogen-bond donors (Lipinski definition) is 1. The van der Waals surface area contributed by atoms with Gasteiger partial charge in [0.05, 0.1) is 26.0 Å². The van der Waals surface area contributed by atoms with Gasteiger partial charge in [0.25, 0.3) is 0 Å². The topological polar surface area (TPSA) is 43.4 Å². The van der Waals surface area contributed by atoms with E-state index in [0.29, 0.717) is 0 Å². The van der Waals surface area contributed by atoms with Crippen molar-refractivity contribution in [3.63, 3.8) is 0 Å². The molecule has 1 aromatic carbocycles. The van der Waals surface area contributed by atoms with Gasteiger partial charge in [0, 0.05) is 22.7 Å². The number of ether oxygens (including phenoxy) is 2. The molecule has 0 fully saturated rings. The summed E-state index contributed by atoms with van der Waals surface area (Å²) in [6, 6.07) is 10.5. The highest BCUT2D eigenvalue weighted by Gasteiger charge is 2.18. The number of methoxy groups -OCH3 is 2. The summed E-state index contributed by atoms with van der Waals surface area (Å²) in [7, 11) is 3.32. The van der Waals surface area contributed by atoms with E-state index in [2.05, 4.69) is 42.7 Å². The van der Waals surface area contributed by atoms with Crippen LogP contribution in [0, 0.1) is 13.8 Å². The van der Waals surface area contributed by atoms with E-state index in [0.717, 1.165) is 40.7 Å². The van der Waals surface area contributed by atoms with Crippen LogP contribution in [0.4, 0.5) is 0 Å².